The molecule has 0 saturated heterocycles. The summed E-state index contributed by atoms with van der Waals surface area (Å²) >= 11 is 0. The van der Waals surface area contributed by atoms with Gasteiger partial charge in [-0.3, -0.25) is 0 Å². The topological polar surface area (TPSA) is 40.5 Å². The second-order valence-corrected chi connectivity index (χ2v) is 12.2. The third kappa shape index (κ3) is 7.02. The van der Waals surface area contributed by atoms with E-state index in [1.54, 1.807) is 12.1 Å². The van der Waals surface area contributed by atoms with Gasteiger partial charge in [0.2, 0.25) is 0 Å². The zero-order valence-corrected chi connectivity index (χ0v) is 30.4. The van der Waals surface area contributed by atoms with Crippen LogP contribution in [0.4, 0.5) is 0 Å². The summed E-state index contributed by atoms with van der Waals surface area (Å²) in [5, 5.41) is 24.8. The maximum absolute atomic E-state index is 10.4. The Morgan fingerprint density at radius 2 is 0.673 bits per heavy atom. The van der Waals surface area contributed by atoms with Gasteiger partial charge in [-0.15, -0.1) is 0 Å². The number of aromatic hydroxyl groups is 2. The van der Waals surface area contributed by atoms with Crippen LogP contribution in [0.25, 0.3) is 43.8 Å². The molecule has 6 aromatic rings. The molecule has 2 aliphatic rings. The molecule has 0 atom stereocenters. The van der Waals surface area contributed by atoms with Gasteiger partial charge in [-0.25, -0.2) is 0 Å². The first-order valence-electron chi connectivity index (χ1n) is 16.1. The van der Waals surface area contributed by atoms with Crippen molar-refractivity contribution in [1.29, 1.82) is 0 Å². The fourth-order valence-electron chi connectivity index (χ4n) is 6.37. The van der Waals surface area contributed by atoms with E-state index >= 15 is 0 Å². The number of rotatable bonds is 4. The Bertz CT molecular complexity index is 1900. The van der Waals surface area contributed by atoms with E-state index in [0.717, 1.165) is 68.2 Å². The number of phenols is 2. The minimum absolute atomic E-state index is 0. The van der Waals surface area contributed by atoms with Crippen molar-refractivity contribution in [3.05, 3.63) is 194 Å². The van der Waals surface area contributed by atoms with Crippen molar-refractivity contribution in [2.24, 2.45) is 0 Å². The number of hydrogen-bond donors (Lipinski definition) is 2. The van der Waals surface area contributed by atoms with Crippen molar-refractivity contribution >= 4 is 21.5 Å². The molecule has 0 amide bonds. The first kappa shape index (κ1) is 35.2. The predicted octanol–water partition coefficient (Wildman–Crippen LogP) is 11.0. The number of phenolic OH excluding ortho intramolecular Hbond substituents is 2. The molecule has 0 heterocycles. The van der Waals surface area contributed by atoms with Gasteiger partial charge in [0.05, 0.1) is 0 Å². The summed E-state index contributed by atoms with van der Waals surface area (Å²) in [6, 6.07) is 39.9. The second kappa shape index (κ2) is 15.1. The molecule has 8 rings (SSSR count). The Labute approximate surface area is 311 Å². The molecule has 0 spiro atoms. The van der Waals surface area contributed by atoms with Gasteiger partial charge in [-0.2, -0.15) is 0 Å². The maximum atomic E-state index is 10.4. The monoisotopic (exact) mass is 708 g/mol. The number of benzene rings is 6. The number of hydrogen-bond acceptors (Lipinski definition) is 2. The molecule has 6 aromatic carbocycles. The molecule has 0 bridgehead atoms. The predicted molar refractivity (Wildman–Crippen MR) is 195 cm³/mol. The summed E-state index contributed by atoms with van der Waals surface area (Å²) < 4.78 is 0. The van der Waals surface area contributed by atoms with Crippen LogP contribution in [0.5, 0.6) is 11.5 Å². The summed E-state index contributed by atoms with van der Waals surface area (Å²) in [6.45, 7) is 8.35. The third-order valence-corrected chi connectivity index (χ3v) is 9.12. The molecular formula is C46H34O2Zr. The normalized spacial score (nSPS) is 16.6. The Morgan fingerprint density at radius 1 is 0.367 bits per heavy atom. The molecular weight excluding hydrogens is 676 g/mol. The van der Waals surface area contributed by atoms with Crippen LogP contribution in [-0.2, 0) is 26.2 Å². The number of fused-ring (bicyclic) bond motifs is 2. The summed E-state index contributed by atoms with van der Waals surface area (Å²) in [5.41, 5.74) is 6.06. The molecule has 2 fully saturated rings. The van der Waals surface area contributed by atoms with Crippen LogP contribution in [0, 0.1) is 61.2 Å². The molecule has 0 aromatic heterocycles. The minimum Gasteiger partial charge on any atom is -0.507 e. The van der Waals surface area contributed by atoms with Gasteiger partial charge in [0.15, 0.2) is 0 Å². The molecule has 2 nitrogen and oxygen atoms in total. The average molecular weight is 710 g/mol. The van der Waals surface area contributed by atoms with Crippen molar-refractivity contribution in [2.45, 2.75) is 27.7 Å². The van der Waals surface area contributed by atoms with Gasteiger partial charge in [-0.1, -0.05) is 137 Å². The van der Waals surface area contributed by atoms with Crippen molar-refractivity contribution in [3.8, 4) is 33.8 Å². The van der Waals surface area contributed by atoms with Gasteiger partial charge < -0.3 is 10.2 Å². The van der Waals surface area contributed by atoms with E-state index in [9.17, 15) is 10.2 Å². The Hall–Kier alpha value is -3.68. The van der Waals surface area contributed by atoms with Crippen molar-refractivity contribution < 1.29 is 36.4 Å². The van der Waals surface area contributed by atoms with Gasteiger partial charge >= 0.3 is 0 Å². The van der Waals surface area contributed by atoms with Crippen molar-refractivity contribution in [3.63, 3.8) is 0 Å². The summed E-state index contributed by atoms with van der Waals surface area (Å²) in [5.74, 6) is 7.05. The zero-order chi connectivity index (χ0) is 33.4. The van der Waals surface area contributed by atoms with Crippen LogP contribution in [0.3, 0.4) is 0 Å². The molecule has 0 unspecified atom stereocenters. The smallest absolute Gasteiger partial charge is 0.124 e. The summed E-state index contributed by atoms with van der Waals surface area (Å²) in [7, 11) is 0. The third-order valence-electron chi connectivity index (χ3n) is 9.12. The Kier molecular flexibility index (Phi) is 10.8. The van der Waals surface area contributed by atoms with E-state index in [1.807, 2.05) is 60.7 Å². The standard InChI is InChI=1S/C26H20.C20H14O2.Zr/c1-17-13-21(14-18(17)2)23-9-5-7-11-25(23)26-12-8-6-10-24(26)22-15-19(3)20(4)16-22;21-17-11-9-13-5-1-3-7-15(13)19(17)20-16-8-4-2-6-14(16)10-12-18(20)22;/h5-12H,1-4H3;1-12,21-22H;. The summed E-state index contributed by atoms with van der Waals surface area (Å²) in [4.78, 5) is 0. The average Bonchev–Trinajstić information content (AvgIpc) is 3.64. The Morgan fingerprint density at radius 3 is 1.04 bits per heavy atom. The van der Waals surface area contributed by atoms with Gasteiger partial charge in [0, 0.05) is 74.8 Å². The first-order valence-corrected chi connectivity index (χ1v) is 16.1. The molecule has 0 aliphatic heterocycles. The van der Waals surface area contributed by atoms with Crippen LogP contribution in [0.1, 0.15) is 38.8 Å². The molecule has 14 radical (unpaired) electrons. The van der Waals surface area contributed by atoms with Gasteiger partial charge in [0.25, 0.3) is 0 Å². The molecule has 2 saturated carbocycles. The zero-order valence-electron chi connectivity index (χ0n) is 27.9. The maximum Gasteiger partial charge on any atom is 0.124 e. The van der Waals surface area contributed by atoms with Crippen LogP contribution in [0.15, 0.2) is 121 Å². The van der Waals surface area contributed by atoms with E-state index in [-0.39, 0.29) is 37.7 Å². The fourth-order valence-corrected chi connectivity index (χ4v) is 6.37. The van der Waals surface area contributed by atoms with Crippen molar-refractivity contribution in [1.82, 2.24) is 0 Å². The van der Waals surface area contributed by atoms with E-state index < -0.39 is 0 Å². The summed E-state index contributed by atoms with van der Waals surface area (Å²) in [6.07, 6.45) is 13.9. The molecule has 2 aliphatic carbocycles. The van der Waals surface area contributed by atoms with Gasteiger partial charge in [0.1, 0.15) is 11.5 Å². The van der Waals surface area contributed by atoms with Gasteiger partial charge in [-0.05, 0) is 79.6 Å². The van der Waals surface area contributed by atoms with E-state index in [0.29, 0.717) is 11.1 Å². The first-order chi connectivity index (χ1) is 23.3. The molecule has 49 heavy (non-hydrogen) atoms. The fraction of sp³-hybridized carbons (Fsp3) is 0.0870. The van der Waals surface area contributed by atoms with Crippen molar-refractivity contribution in [2.75, 3.05) is 0 Å². The quantitative estimate of drug-likeness (QED) is 0.191. The SMILES string of the molecule is C[C]1[C][C](c2ccccc2-c2ccccc2[C]2[C][C](C)[C](C)[C]2)[C][C]1C.Oc1ccc2ccccc2c1-c1c(O)ccc2ccccc12.[Zr]. The molecule has 234 valence electrons. The van der Waals surface area contributed by atoms with E-state index in [4.69, 9.17) is 0 Å². The molecule has 2 N–H and O–H groups in total. The minimum atomic E-state index is 0. The van der Waals surface area contributed by atoms with Crippen LogP contribution < -0.4 is 0 Å². The second-order valence-electron chi connectivity index (χ2n) is 12.2. The van der Waals surface area contributed by atoms with Crippen LogP contribution in [-0.4, -0.2) is 10.2 Å². The van der Waals surface area contributed by atoms with Crippen LogP contribution in [0.2, 0.25) is 0 Å². The van der Waals surface area contributed by atoms with E-state index in [2.05, 4.69) is 102 Å². The Balaban J connectivity index is 0.000000169. The largest absolute Gasteiger partial charge is 0.507 e. The van der Waals surface area contributed by atoms with E-state index in [1.165, 1.54) is 11.1 Å². The van der Waals surface area contributed by atoms with Crippen LogP contribution >= 0.6 is 0 Å². The molecule has 3 heteroatoms.